The lowest BCUT2D eigenvalue weighted by Gasteiger charge is -2.39. The molecule has 1 fully saturated rings. The Morgan fingerprint density at radius 1 is 1.24 bits per heavy atom. The summed E-state index contributed by atoms with van der Waals surface area (Å²) in [5, 5.41) is 11.2. The second-order valence-electron chi connectivity index (χ2n) is 6.75. The van der Waals surface area contributed by atoms with Gasteiger partial charge in [-0.15, -0.1) is 11.3 Å². The van der Waals surface area contributed by atoms with Crippen LogP contribution in [0.1, 0.15) is 28.1 Å². The van der Waals surface area contributed by atoms with E-state index in [0.717, 1.165) is 22.6 Å². The van der Waals surface area contributed by atoms with Crippen molar-refractivity contribution in [3.63, 3.8) is 0 Å². The number of carbonyl (C=O) groups excluding carboxylic acids is 1. The normalized spacial score (nSPS) is 18.4. The predicted octanol–water partition coefficient (Wildman–Crippen LogP) is 3.41. The Morgan fingerprint density at radius 2 is 1.97 bits per heavy atom. The highest BCUT2D eigenvalue weighted by Crippen LogP contribution is 2.35. The Balaban J connectivity index is 1.54. The Labute approximate surface area is 176 Å². The van der Waals surface area contributed by atoms with Crippen LogP contribution in [-0.4, -0.2) is 49.0 Å². The zero-order valence-corrected chi connectivity index (χ0v) is 17.5. The van der Waals surface area contributed by atoms with Crippen LogP contribution < -0.4 is 4.90 Å². The molecule has 1 aromatic heterocycles. The number of ether oxygens (including phenoxy) is 1. The van der Waals surface area contributed by atoms with Crippen molar-refractivity contribution < 1.29 is 27.9 Å². The summed E-state index contributed by atoms with van der Waals surface area (Å²) >= 11 is 6.91. The van der Waals surface area contributed by atoms with E-state index in [-0.39, 0.29) is 35.5 Å². The van der Waals surface area contributed by atoms with Gasteiger partial charge in [-0.3, -0.25) is 4.90 Å². The molecule has 1 aromatic carbocycles. The fourth-order valence-electron chi connectivity index (χ4n) is 3.69. The van der Waals surface area contributed by atoms with Crippen molar-refractivity contribution in [3.8, 4) is 0 Å². The van der Waals surface area contributed by atoms with Crippen LogP contribution in [0.5, 0.6) is 0 Å². The smallest absolute Gasteiger partial charge is 0.414 e. The van der Waals surface area contributed by atoms with E-state index >= 15 is 0 Å². The lowest BCUT2D eigenvalue weighted by atomic mass is 10.0. The van der Waals surface area contributed by atoms with Crippen LogP contribution >= 0.6 is 22.9 Å². The molecule has 1 amide bonds. The lowest BCUT2D eigenvalue weighted by molar-refractivity contribution is 0.0698. The number of cyclic esters (lactones) is 1. The van der Waals surface area contributed by atoms with E-state index < -0.39 is 22.1 Å². The molecule has 1 saturated heterocycles. The number of carboxylic acid groups (broad SMARTS) is 1. The highest BCUT2D eigenvalue weighted by Gasteiger charge is 2.38. The number of hydrogen-bond donors (Lipinski definition) is 1. The van der Waals surface area contributed by atoms with Gasteiger partial charge in [0, 0.05) is 29.7 Å². The third-order valence-electron chi connectivity index (χ3n) is 5.08. The van der Waals surface area contributed by atoms with Crippen LogP contribution in [0.4, 0.5) is 10.5 Å². The van der Waals surface area contributed by atoms with Crippen molar-refractivity contribution in [2.24, 2.45) is 0 Å². The molecule has 0 bridgehead atoms. The number of aromatic carboxylic acids is 1. The molecule has 0 unspecified atom stereocenters. The number of piperidine rings is 1. The number of amides is 1. The maximum atomic E-state index is 12.9. The first-order valence-electron chi connectivity index (χ1n) is 8.84. The van der Waals surface area contributed by atoms with Crippen molar-refractivity contribution in [2.75, 3.05) is 18.0 Å². The summed E-state index contributed by atoms with van der Waals surface area (Å²) in [7, 11) is -3.92. The van der Waals surface area contributed by atoms with E-state index in [0.29, 0.717) is 17.9 Å². The van der Waals surface area contributed by atoms with Crippen LogP contribution in [0.3, 0.4) is 0 Å². The van der Waals surface area contributed by atoms with E-state index in [9.17, 15) is 23.1 Å². The number of nitrogens with zero attached hydrogens (tertiary/aromatic N) is 2. The third kappa shape index (κ3) is 3.61. The first kappa shape index (κ1) is 20.1. The number of thiophene rings is 1. The van der Waals surface area contributed by atoms with Crippen LogP contribution in [0, 0.1) is 0 Å². The number of carbonyl (C=O) groups is 2. The molecule has 0 aliphatic carbocycles. The van der Waals surface area contributed by atoms with Crippen LogP contribution in [0.15, 0.2) is 34.5 Å². The topological polar surface area (TPSA) is 104 Å². The molecule has 8 nitrogen and oxygen atoms in total. The van der Waals surface area contributed by atoms with Crippen molar-refractivity contribution in [3.05, 3.63) is 45.1 Å². The standard InChI is InChI=1S/C18H17ClN2O6S2/c19-12-1-2-14-11(9-12)10-27-18(24)21(14)13-3-6-20(7-4-13)29(25,26)15-5-8-28-16(15)17(22)23/h1-2,5,8-9,13H,3-4,6-7,10H2,(H,22,23). The molecule has 0 radical (unpaired) electrons. The lowest BCUT2D eigenvalue weighted by Crippen LogP contribution is -2.50. The van der Waals surface area contributed by atoms with Gasteiger partial charge in [-0.1, -0.05) is 11.6 Å². The fraction of sp³-hybridized carbons (Fsp3) is 0.333. The van der Waals surface area contributed by atoms with Gasteiger partial charge in [-0.05, 0) is 42.5 Å². The van der Waals surface area contributed by atoms with Crippen molar-refractivity contribution >= 4 is 50.7 Å². The average molecular weight is 457 g/mol. The molecule has 11 heteroatoms. The quantitative estimate of drug-likeness (QED) is 0.756. The number of fused-ring (bicyclic) bond motifs is 1. The minimum Gasteiger partial charge on any atom is -0.477 e. The van der Waals surface area contributed by atoms with Gasteiger partial charge in [-0.2, -0.15) is 4.31 Å². The first-order valence-corrected chi connectivity index (χ1v) is 11.5. The maximum absolute atomic E-state index is 12.9. The minimum absolute atomic E-state index is 0.147. The fourth-order valence-corrected chi connectivity index (χ4v) is 6.59. The highest BCUT2D eigenvalue weighted by atomic mass is 35.5. The Kier molecular flexibility index (Phi) is 5.28. The summed E-state index contributed by atoms with van der Waals surface area (Å²) < 4.78 is 32.3. The third-order valence-corrected chi connectivity index (χ3v) is 8.29. The largest absolute Gasteiger partial charge is 0.477 e. The van der Waals surface area contributed by atoms with Crippen LogP contribution in [-0.2, 0) is 21.4 Å². The highest BCUT2D eigenvalue weighted by molar-refractivity contribution is 7.89. The van der Waals surface area contributed by atoms with Gasteiger partial charge < -0.3 is 9.84 Å². The number of anilines is 1. The molecule has 0 saturated carbocycles. The Hall–Kier alpha value is -2.14. The summed E-state index contributed by atoms with van der Waals surface area (Å²) in [6, 6.07) is 6.31. The van der Waals surface area contributed by atoms with E-state index in [1.165, 1.54) is 15.8 Å². The maximum Gasteiger partial charge on any atom is 0.414 e. The van der Waals surface area contributed by atoms with Gasteiger partial charge in [0.05, 0.1) is 5.69 Å². The molecular formula is C18H17ClN2O6S2. The van der Waals surface area contributed by atoms with Gasteiger partial charge >= 0.3 is 12.1 Å². The molecule has 0 spiro atoms. The second kappa shape index (κ2) is 7.60. The number of halogens is 1. The number of benzene rings is 1. The van der Waals surface area contributed by atoms with Gasteiger partial charge in [0.2, 0.25) is 10.0 Å². The number of carboxylic acids is 1. The van der Waals surface area contributed by atoms with Crippen molar-refractivity contribution in [2.45, 2.75) is 30.4 Å². The Morgan fingerprint density at radius 3 is 2.66 bits per heavy atom. The zero-order chi connectivity index (χ0) is 20.8. The first-order chi connectivity index (χ1) is 13.8. The molecule has 0 atom stereocenters. The summed E-state index contributed by atoms with van der Waals surface area (Å²) in [6.45, 7) is 0.498. The van der Waals surface area contributed by atoms with Gasteiger partial charge in [0.15, 0.2) is 0 Å². The zero-order valence-electron chi connectivity index (χ0n) is 15.1. The molecule has 29 heavy (non-hydrogen) atoms. The average Bonchev–Trinajstić information content (AvgIpc) is 3.19. The van der Waals surface area contributed by atoms with Crippen LogP contribution in [0.2, 0.25) is 5.02 Å². The van der Waals surface area contributed by atoms with Gasteiger partial charge in [-0.25, -0.2) is 18.0 Å². The Bertz CT molecular complexity index is 1080. The summed E-state index contributed by atoms with van der Waals surface area (Å²) in [5.41, 5.74) is 1.52. The molecule has 2 aliphatic heterocycles. The molecule has 2 aromatic rings. The molecule has 4 rings (SSSR count). The number of hydrogen-bond acceptors (Lipinski definition) is 6. The molecular weight excluding hydrogens is 440 g/mol. The van der Waals surface area contributed by atoms with E-state index in [4.69, 9.17) is 16.3 Å². The van der Waals surface area contributed by atoms with E-state index in [2.05, 4.69) is 0 Å². The van der Waals surface area contributed by atoms with E-state index in [1.54, 1.807) is 23.1 Å². The van der Waals surface area contributed by atoms with Gasteiger partial charge in [0.25, 0.3) is 0 Å². The number of rotatable bonds is 4. The molecule has 1 N–H and O–H groups in total. The van der Waals surface area contributed by atoms with Crippen LogP contribution in [0.25, 0.3) is 0 Å². The SMILES string of the molecule is O=C(O)c1sccc1S(=O)(=O)N1CCC(N2C(=O)OCc3cc(Cl)ccc32)CC1. The molecule has 3 heterocycles. The second-order valence-corrected chi connectivity index (χ2v) is 10.0. The minimum atomic E-state index is -3.92. The van der Waals surface area contributed by atoms with E-state index in [1.807, 2.05) is 0 Å². The number of sulfonamides is 1. The monoisotopic (exact) mass is 456 g/mol. The predicted molar refractivity (Wildman–Crippen MR) is 107 cm³/mol. The summed E-state index contributed by atoms with van der Waals surface area (Å²) in [5.74, 6) is -1.26. The molecule has 2 aliphatic rings. The van der Waals surface area contributed by atoms with Gasteiger partial charge in [0.1, 0.15) is 16.4 Å². The van der Waals surface area contributed by atoms with Crippen molar-refractivity contribution in [1.29, 1.82) is 0 Å². The van der Waals surface area contributed by atoms with Crippen molar-refractivity contribution in [1.82, 2.24) is 4.31 Å². The summed E-state index contributed by atoms with van der Waals surface area (Å²) in [4.78, 5) is 24.9. The summed E-state index contributed by atoms with van der Waals surface area (Å²) in [6.07, 6.45) is 0.346. The molecule has 154 valence electrons.